The number of unbranched alkanes of at least 4 members (excludes halogenated alkanes) is 2. The van der Waals surface area contributed by atoms with E-state index in [4.69, 9.17) is 0 Å². The summed E-state index contributed by atoms with van der Waals surface area (Å²) in [7, 11) is -0.330. The highest BCUT2D eigenvalue weighted by Crippen LogP contribution is 2.43. The van der Waals surface area contributed by atoms with Gasteiger partial charge < -0.3 is 0 Å². The molecule has 0 aromatic heterocycles. The normalized spacial score (nSPS) is 29.5. The molecule has 158 valence electrons. The fraction of sp³-hybridized carbons (Fsp3) is 0.778. The van der Waals surface area contributed by atoms with Gasteiger partial charge in [0.2, 0.25) is 0 Å². The minimum absolute atomic E-state index is 0.330. The van der Waals surface area contributed by atoms with E-state index in [0.29, 0.717) is 0 Å². The Balaban J connectivity index is 1.40. The van der Waals surface area contributed by atoms with Crippen molar-refractivity contribution in [2.75, 3.05) is 0 Å². The van der Waals surface area contributed by atoms with Gasteiger partial charge in [0, 0.05) is 8.80 Å². The number of rotatable bonds is 9. The summed E-state index contributed by atoms with van der Waals surface area (Å²) in [6.45, 7) is 7.02. The summed E-state index contributed by atoms with van der Waals surface area (Å²) in [6, 6.07) is 14.7. The van der Waals surface area contributed by atoms with Crippen LogP contribution in [0.4, 0.5) is 0 Å². The molecule has 2 aliphatic rings. The first kappa shape index (κ1) is 22.1. The summed E-state index contributed by atoms with van der Waals surface area (Å²) in [5.74, 6) is 3.81. The predicted molar refractivity (Wildman–Crippen MR) is 128 cm³/mol. The summed E-state index contributed by atoms with van der Waals surface area (Å²) in [5, 5.41) is 0. The largest absolute Gasteiger partial charge is 0.0654 e. The Kier molecular flexibility index (Phi) is 9.15. The summed E-state index contributed by atoms with van der Waals surface area (Å²) >= 11 is 0. The Morgan fingerprint density at radius 1 is 0.857 bits per heavy atom. The standard InChI is InChI=1S/C27H46Si/c1-4-6-7-18-28-19-16-27(17-20-28)26-14-12-25(13-15-26)24-10-8-23(9-11-24)21-22(3)5-2/h8-11,22,25-28H,4-7,12-21H2,1-3H3/t22-,25-,26-,27-,28-/m0/s1. The highest BCUT2D eigenvalue weighted by atomic mass is 28.3. The van der Waals surface area contributed by atoms with Crippen molar-refractivity contribution in [2.45, 2.75) is 115 Å². The van der Waals surface area contributed by atoms with E-state index in [-0.39, 0.29) is 8.80 Å². The van der Waals surface area contributed by atoms with Gasteiger partial charge in [-0.25, -0.2) is 0 Å². The van der Waals surface area contributed by atoms with Crippen LogP contribution in [0.15, 0.2) is 24.3 Å². The van der Waals surface area contributed by atoms with Gasteiger partial charge in [0.05, 0.1) is 0 Å². The molecule has 0 spiro atoms. The molecule has 0 amide bonds. The van der Waals surface area contributed by atoms with Gasteiger partial charge in [-0.1, -0.05) is 102 Å². The highest BCUT2D eigenvalue weighted by molar-refractivity contribution is 6.58. The van der Waals surface area contributed by atoms with Gasteiger partial charge in [-0.05, 0) is 66.9 Å². The summed E-state index contributed by atoms with van der Waals surface area (Å²) in [6.07, 6.45) is 16.1. The fourth-order valence-electron chi connectivity index (χ4n) is 6.03. The Labute approximate surface area is 177 Å². The predicted octanol–water partition coefficient (Wildman–Crippen LogP) is 8.38. The van der Waals surface area contributed by atoms with E-state index in [1.165, 1.54) is 56.9 Å². The molecular weight excluding hydrogens is 352 g/mol. The van der Waals surface area contributed by atoms with Crippen molar-refractivity contribution in [1.82, 2.24) is 0 Å². The minimum Gasteiger partial charge on any atom is -0.0654 e. The van der Waals surface area contributed by atoms with Crippen LogP contribution < -0.4 is 0 Å². The summed E-state index contributed by atoms with van der Waals surface area (Å²) in [5.41, 5.74) is 3.16. The molecule has 0 N–H and O–H groups in total. The van der Waals surface area contributed by atoms with Crippen molar-refractivity contribution < 1.29 is 0 Å². The quantitative estimate of drug-likeness (QED) is 0.289. The van der Waals surface area contributed by atoms with Crippen molar-refractivity contribution in [3.05, 3.63) is 35.4 Å². The van der Waals surface area contributed by atoms with Gasteiger partial charge in [0.1, 0.15) is 0 Å². The third-order valence-corrected chi connectivity index (χ3v) is 11.8. The fourth-order valence-corrected chi connectivity index (χ4v) is 9.56. The maximum Gasteiger partial charge on any atom is 0.0368 e. The molecule has 1 heterocycles. The molecule has 1 aromatic carbocycles. The zero-order valence-corrected chi connectivity index (χ0v) is 20.3. The van der Waals surface area contributed by atoms with Crippen molar-refractivity contribution in [3.63, 3.8) is 0 Å². The van der Waals surface area contributed by atoms with E-state index in [1.54, 1.807) is 43.0 Å². The molecule has 2 fully saturated rings. The maximum absolute atomic E-state index is 2.45. The Hall–Kier alpha value is -0.563. The second-order valence-corrected chi connectivity index (χ2v) is 13.8. The smallest absolute Gasteiger partial charge is 0.0368 e. The van der Waals surface area contributed by atoms with E-state index in [2.05, 4.69) is 45.0 Å². The Morgan fingerprint density at radius 3 is 2.11 bits per heavy atom. The van der Waals surface area contributed by atoms with E-state index in [1.807, 2.05) is 0 Å². The molecule has 0 bridgehead atoms. The van der Waals surface area contributed by atoms with Gasteiger partial charge in [0.25, 0.3) is 0 Å². The molecule has 1 atom stereocenters. The zero-order valence-electron chi connectivity index (χ0n) is 19.1. The van der Waals surface area contributed by atoms with Crippen molar-refractivity contribution in [3.8, 4) is 0 Å². The number of hydrogen-bond donors (Lipinski definition) is 0. The van der Waals surface area contributed by atoms with E-state index < -0.39 is 0 Å². The third-order valence-electron chi connectivity index (χ3n) is 8.28. The lowest BCUT2D eigenvalue weighted by atomic mass is 9.72. The van der Waals surface area contributed by atoms with E-state index in [9.17, 15) is 0 Å². The lowest BCUT2D eigenvalue weighted by Crippen LogP contribution is -2.28. The summed E-state index contributed by atoms with van der Waals surface area (Å²) < 4.78 is 0. The molecule has 1 saturated heterocycles. The highest BCUT2D eigenvalue weighted by Gasteiger charge is 2.31. The van der Waals surface area contributed by atoms with Crippen LogP contribution in [0.2, 0.25) is 18.1 Å². The molecule has 1 heteroatoms. The lowest BCUT2D eigenvalue weighted by molar-refractivity contribution is 0.216. The number of hydrogen-bond acceptors (Lipinski definition) is 0. The zero-order chi connectivity index (χ0) is 19.8. The monoisotopic (exact) mass is 398 g/mol. The molecule has 3 rings (SSSR count). The molecule has 0 nitrogen and oxygen atoms in total. The molecule has 1 aliphatic heterocycles. The van der Waals surface area contributed by atoms with Crippen LogP contribution in [0.1, 0.15) is 102 Å². The second kappa shape index (κ2) is 11.6. The van der Waals surface area contributed by atoms with Gasteiger partial charge in [0.15, 0.2) is 0 Å². The van der Waals surface area contributed by atoms with E-state index >= 15 is 0 Å². The first-order valence-electron chi connectivity index (χ1n) is 12.8. The Bertz CT molecular complexity index is 532. The minimum atomic E-state index is -0.330. The molecule has 28 heavy (non-hydrogen) atoms. The van der Waals surface area contributed by atoms with Gasteiger partial charge in [-0.15, -0.1) is 0 Å². The van der Waals surface area contributed by atoms with Crippen LogP contribution >= 0.6 is 0 Å². The topological polar surface area (TPSA) is 0 Å². The van der Waals surface area contributed by atoms with Crippen molar-refractivity contribution >= 4 is 8.80 Å². The lowest BCUT2D eigenvalue weighted by Gasteiger charge is -2.37. The van der Waals surface area contributed by atoms with Crippen LogP contribution in [0, 0.1) is 17.8 Å². The van der Waals surface area contributed by atoms with Crippen molar-refractivity contribution in [2.24, 2.45) is 17.8 Å². The first-order valence-corrected chi connectivity index (χ1v) is 15.2. The van der Waals surface area contributed by atoms with Crippen LogP contribution in [-0.2, 0) is 6.42 Å². The second-order valence-electron chi connectivity index (χ2n) is 10.3. The van der Waals surface area contributed by atoms with Crippen LogP contribution in [0.5, 0.6) is 0 Å². The van der Waals surface area contributed by atoms with Gasteiger partial charge in [-0.2, -0.15) is 0 Å². The molecule has 1 aliphatic carbocycles. The van der Waals surface area contributed by atoms with Gasteiger partial charge in [-0.3, -0.25) is 0 Å². The average molecular weight is 399 g/mol. The van der Waals surface area contributed by atoms with Crippen LogP contribution in [-0.4, -0.2) is 8.80 Å². The maximum atomic E-state index is 2.45. The SMILES string of the molecule is CCCCC[Si@H]1CC[C@H]([C@H]2CC[C@H](c3ccc(C[C@@H](C)CC)cc3)CC2)CC1. The molecule has 1 saturated carbocycles. The third kappa shape index (κ3) is 6.47. The average Bonchev–Trinajstić information content (AvgIpc) is 2.75. The molecule has 1 aromatic rings. The molecular formula is C27H46Si. The Morgan fingerprint density at radius 2 is 1.50 bits per heavy atom. The number of benzene rings is 1. The van der Waals surface area contributed by atoms with Crippen LogP contribution in [0.25, 0.3) is 0 Å². The first-order chi connectivity index (χ1) is 13.7. The summed E-state index contributed by atoms with van der Waals surface area (Å²) in [4.78, 5) is 0. The molecule has 0 unspecified atom stereocenters. The van der Waals surface area contributed by atoms with Gasteiger partial charge >= 0.3 is 0 Å². The molecule has 0 radical (unpaired) electrons. The van der Waals surface area contributed by atoms with E-state index in [0.717, 1.165) is 23.7 Å². The van der Waals surface area contributed by atoms with Crippen LogP contribution in [0.3, 0.4) is 0 Å². The van der Waals surface area contributed by atoms with Crippen molar-refractivity contribution in [1.29, 1.82) is 0 Å².